The number of anilines is 1. The van der Waals surface area contributed by atoms with Gasteiger partial charge in [-0.1, -0.05) is 0 Å². The first-order valence-electron chi connectivity index (χ1n) is 8.07. The van der Waals surface area contributed by atoms with Gasteiger partial charge in [-0.3, -0.25) is 4.79 Å². The van der Waals surface area contributed by atoms with Gasteiger partial charge in [0.05, 0.1) is 24.5 Å². The Labute approximate surface area is 147 Å². The lowest BCUT2D eigenvalue weighted by molar-refractivity contribution is 0.0227. The van der Waals surface area contributed by atoms with E-state index >= 15 is 0 Å². The largest absolute Gasteiger partial charge is 0.444 e. The van der Waals surface area contributed by atoms with E-state index in [2.05, 4.69) is 16.4 Å². The third-order valence-electron chi connectivity index (χ3n) is 3.72. The van der Waals surface area contributed by atoms with Gasteiger partial charge in [0.2, 0.25) is 0 Å². The maximum absolute atomic E-state index is 12.2. The first-order valence-corrected chi connectivity index (χ1v) is 8.07. The van der Waals surface area contributed by atoms with Crippen LogP contribution in [0.15, 0.2) is 18.3 Å². The van der Waals surface area contributed by atoms with E-state index in [0.717, 1.165) is 5.69 Å². The third-order valence-corrected chi connectivity index (χ3v) is 3.72. The molecule has 0 radical (unpaired) electrons. The second-order valence-electron chi connectivity index (χ2n) is 6.75. The van der Waals surface area contributed by atoms with Crippen molar-refractivity contribution in [3.05, 3.63) is 24.0 Å². The van der Waals surface area contributed by atoms with Crippen LogP contribution in [0.5, 0.6) is 0 Å². The summed E-state index contributed by atoms with van der Waals surface area (Å²) in [4.78, 5) is 31.3. The number of aromatic nitrogens is 1. The molecule has 1 saturated heterocycles. The topological polar surface area (TPSA) is 98.6 Å². The standard InChI is InChI=1S/C17H23N5O3/c1-17(2,3)25-16(24)21-7-8-22(13(9-18)11-21)12-5-6-14(20-10-12)15(23)19-4/h5-6,10,13H,7-8,11H2,1-4H3,(H,19,23). The molecule has 0 spiro atoms. The molecular weight excluding hydrogens is 322 g/mol. The Morgan fingerprint density at radius 2 is 2.08 bits per heavy atom. The van der Waals surface area contributed by atoms with E-state index < -0.39 is 17.7 Å². The fraction of sp³-hybridized carbons (Fsp3) is 0.529. The monoisotopic (exact) mass is 345 g/mol. The number of ether oxygens (including phenoxy) is 1. The first kappa shape index (κ1) is 18.5. The highest BCUT2D eigenvalue weighted by molar-refractivity contribution is 5.92. The highest BCUT2D eigenvalue weighted by Gasteiger charge is 2.32. The fourth-order valence-electron chi connectivity index (χ4n) is 2.51. The smallest absolute Gasteiger partial charge is 0.410 e. The molecular formula is C17H23N5O3. The van der Waals surface area contributed by atoms with Gasteiger partial charge in [-0.2, -0.15) is 5.26 Å². The average Bonchev–Trinajstić information content (AvgIpc) is 2.59. The van der Waals surface area contributed by atoms with Crippen LogP contribution in [0.2, 0.25) is 0 Å². The number of amides is 2. The quantitative estimate of drug-likeness (QED) is 0.870. The number of carbonyl (C=O) groups excluding carboxylic acids is 2. The van der Waals surface area contributed by atoms with Crippen molar-refractivity contribution in [1.29, 1.82) is 5.26 Å². The van der Waals surface area contributed by atoms with Crippen LogP contribution in [-0.4, -0.2) is 60.2 Å². The molecule has 1 fully saturated rings. The molecule has 0 saturated carbocycles. The zero-order chi connectivity index (χ0) is 18.6. The number of nitriles is 1. The van der Waals surface area contributed by atoms with Crippen molar-refractivity contribution in [2.75, 3.05) is 31.6 Å². The number of hydrogen-bond donors (Lipinski definition) is 1. The second kappa shape index (κ2) is 7.38. The van der Waals surface area contributed by atoms with Gasteiger partial charge in [0, 0.05) is 20.1 Å². The number of nitrogens with zero attached hydrogens (tertiary/aromatic N) is 4. The van der Waals surface area contributed by atoms with E-state index in [-0.39, 0.29) is 12.5 Å². The summed E-state index contributed by atoms with van der Waals surface area (Å²) >= 11 is 0. The van der Waals surface area contributed by atoms with E-state index in [1.54, 1.807) is 30.3 Å². The number of piperazine rings is 1. The van der Waals surface area contributed by atoms with Crippen molar-refractivity contribution in [1.82, 2.24) is 15.2 Å². The molecule has 1 atom stereocenters. The average molecular weight is 345 g/mol. The summed E-state index contributed by atoms with van der Waals surface area (Å²) in [6, 6.07) is 5.08. The van der Waals surface area contributed by atoms with E-state index in [0.29, 0.717) is 18.8 Å². The van der Waals surface area contributed by atoms with Crippen LogP contribution in [-0.2, 0) is 4.74 Å². The van der Waals surface area contributed by atoms with Crippen molar-refractivity contribution in [3.63, 3.8) is 0 Å². The predicted octanol–water partition coefficient (Wildman–Crippen LogP) is 1.39. The normalized spacial score (nSPS) is 17.6. The predicted molar refractivity (Wildman–Crippen MR) is 92.2 cm³/mol. The highest BCUT2D eigenvalue weighted by atomic mass is 16.6. The van der Waals surface area contributed by atoms with E-state index in [1.165, 1.54) is 0 Å². The molecule has 1 aromatic rings. The molecule has 2 heterocycles. The maximum Gasteiger partial charge on any atom is 0.410 e. The van der Waals surface area contributed by atoms with E-state index in [4.69, 9.17) is 4.74 Å². The molecule has 0 aromatic carbocycles. The molecule has 1 aliphatic rings. The van der Waals surface area contributed by atoms with Crippen LogP contribution in [0.4, 0.5) is 10.5 Å². The van der Waals surface area contributed by atoms with E-state index in [9.17, 15) is 14.9 Å². The molecule has 8 nitrogen and oxygen atoms in total. The molecule has 1 aromatic heterocycles. The van der Waals surface area contributed by atoms with Gasteiger partial charge in [-0.15, -0.1) is 0 Å². The molecule has 1 unspecified atom stereocenters. The van der Waals surface area contributed by atoms with Crippen molar-refractivity contribution >= 4 is 17.7 Å². The highest BCUT2D eigenvalue weighted by Crippen LogP contribution is 2.21. The number of carbonyl (C=O) groups is 2. The number of nitrogens with one attached hydrogen (secondary N) is 1. The minimum absolute atomic E-state index is 0.253. The lowest BCUT2D eigenvalue weighted by atomic mass is 10.1. The van der Waals surface area contributed by atoms with Gasteiger partial charge >= 0.3 is 6.09 Å². The molecule has 8 heteroatoms. The van der Waals surface area contributed by atoms with Gasteiger partial charge < -0.3 is 19.9 Å². The lowest BCUT2D eigenvalue weighted by Crippen LogP contribution is -2.55. The molecule has 0 aliphatic carbocycles. The van der Waals surface area contributed by atoms with Crippen LogP contribution < -0.4 is 10.2 Å². The Morgan fingerprint density at radius 1 is 1.36 bits per heavy atom. The first-order chi connectivity index (χ1) is 11.7. The Morgan fingerprint density at radius 3 is 2.60 bits per heavy atom. The van der Waals surface area contributed by atoms with E-state index in [1.807, 2.05) is 25.7 Å². The van der Waals surface area contributed by atoms with Gasteiger partial charge in [-0.25, -0.2) is 9.78 Å². The zero-order valence-electron chi connectivity index (χ0n) is 14.9. The Bertz CT molecular complexity index is 675. The fourth-order valence-corrected chi connectivity index (χ4v) is 2.51. The summed E-state index contributed by atoms with van der Waals surface area (Å²) in [5, 5.41) is 12.0. The van der Waals surface area contributed by atoms with Gasteiger partial charge in [0.1, 0.15) is 17.3 Å². The summed E-state index contributed by atoms with van der Waals surface area (Å²) in [5.74, 6) is -0.266. The van der Waals surface area contributed by atoms with Crippen molar-refractivity contribution in [3.8, 4) is 6.07 Å². The SMILES string of the molecule is CNC(=O)c1ccc(N2CCN(C(=O)OC(C)(C)C)CC2C#N)cn1. The summed E-state index contributed by atoms with van der Waals surface area (Å²) in [6.45, 7) is 6.61. The van der Waals surface area contributed by atoms with Crippen LogP contribution in [0.3, 0.4) is 0 Å². The summed E-state index contributed by atoms with van der Waals surface area (Å²) < 4.78 is 5.37. The third kappa shape index (κ3) is 4.59. The summed E-state index contributed by atoms with van der Waals surface area (Å²) in [7, 11) is 1.54. The summed E-state index contributed by atoms with van der Waals surface area (Å²) in [6.07, 6.45) is 1.15. The molecule has 2 rings (SSSR count). The molecule has 1 N–H and O–H groups in total. The van der Waals surface area contributed by atoms with Crippen molar-refractivity contribution in [2.24, 2.45) is 0 Å². The van der Waals surface area contributed by atoms with Crippen molar-refractivity contribution in [2.45, 2.75) is 32.4 Å². The Kier molecular flexibility index (Phi) is 5.47. The van der Waals surface area contributed by atoms with Gasteiger partial charge in [0.25, 0.3) is 5.91 Å². The lowest BCUT2D eigenvalue weighted by Gasteiger charge is -2.39. The van der Waals surface area contributed by atoms with Gasteiger partial charge in [0.15, 0.2) is 0 Å². The number of hydrogen-bond acceptors (Lipinski definition) is 6. The molecule has 2 amide bonds. The van der Waals surface area contributed by atoms with Crippen LogP contribution in [0.1, 0.15) is 31.3 Å². The second-order valence-corrected chi connectivity index (χ2v) is 6.75. The van der Waals surface area contributed by atoms with Crippen LogP contribution in [0.25, 0.3) is 0 Å². The molecule has 134 valence electrons. The van der Waals surface area contributed by atoms with Crippen molar-refractivity contribution < 1.29 is 14.3 Å². The molecule has 1 aliphatic heterocycles. The van der Waals surface area contributed by atoms with Crippen LogP contribution >= 0.6 is 0 Å². The molecule has 25 heavy (non-hydrogen) atoms. The zero-order valence-corrected chi connectivity index (χ0v) is 14.9. The van der Waals surface area contributed by atoms with Gasteiger partial charge in [-0.05, 0) is 32.9 Å². The maximum atomic E-state index is 12.2. The van der Waals surface area contributed by atoms with Crippen LogP contribution in [0, 0.1) is 11.3 Å². The Hall–Kier alpha value is -2.82. The molecule has 0 bridgehead atoms. The Balaban J connectivity index is 2.08. The number of rotatable bonds is 2. The minimum Gasteiger partial charge on any atom is -0.444 e. The number of pyridine rings is 1. The minimum atomic E-state index is -0.573. The summed E-state index contributed by atoms with van der Waals surface area (Å²) in [5.41, 5.74) is 0.478.